The molecule has 0 unspecified atom stereocenters. The lowest BCUT2D eigenvalue weighted by molar-refractivity contribution is 0.186. The molecule has 1 aliphatic heterocycles. The van der Waals surface area contributed by atoms with Crippen LogP contribution in [0.1, 0.15) is 24.0 Å². The predicted octanol–water partition coefficient (Wildman–Crippen LogP) is 5.74. The van der Waals surface area contributed by atoms with Gasteiger partial charge in [-0.2, -0.15) is 0 Å². The first-order chi connectivity index (χ1) is 15.7. The van der Waals surface area contributed by atoms with Gasteiger partial charge in [0, 0.05) is 19.6 Å². The molecule has 1 aliphatic carbocycles. The molecule has 2 fully saturated rings. The van der Waals surface area contributed by atoms with E-state index in [9.17, 15) is 4.39 Å². The monoisotopic (exact) mass is 431 g/mol. The number of ether oxygens (including phenoxy) is 2. The Bertz CT molecular complexity index is 976. The van der Waals surface area contributed by atoms with E-state index in [0.29, 0.717) is 18.4 Å². The number of rotatable bonds is 8. The minimum atomic E-state index is -0.217. The molecule has 3 atom stereocenters. The summed E-state index contributed by atoms with van der Waals surface area (Å²) in [5.74, 6) is 2.92. The average Bonchev–Trinajstić information content (AvgIpc) is 3.37. The molecule has 5 rings (SSSR count). The number of hydrogen-bond donors (Lipinski definition) is 0. The van der Waals surface area contributed by atoms with Crippen LogP contribution in [-0.2, 0) is 13.0 Å². The van der Waals surface area contributed by atoms with Crippen LogP contribution in [0.25, 0.3) is 0 Å². The van der Waals surface area contributed by atoms with E-state index in [0.717, 1.165) is 50.4 Å². The fraction of sp³-hybridized carbons (Fsp3) is 0.357. The first kappa shape index (κ1) is 21.0. The smallest absolute Gasteiger partial charge is 0.123 e. The highest BCUT2D eigenvalue weighted by atomic mass is 19.1. The van der Waals surface area contributed by atoms with Crippen LogP contribution in [0.4, 0.5) is 4.39 Å². The van der Waals surface area contributed by atoms with Crippen molar-refractivity contribution in [2.24, 2.45) is 11.8 Å². The molecule has 0 N–H and O–H groups in total. The Kier molecular flexibility index (Phi) is 6.40. The largest absolute Gasteiger partial charge is 0.490 e. The Balaban J connectivity index is 1.04. The van der Waals surface area contributed by atoms with Crippen LogP contribution in [-0.4, -0.2) is 30.6 Å². The standard InChI is InChI=1S/C28H30FNO2/c29-25-8-12-27(13-9-25)32-28-16-23-18-30(19-24(23)17-28)15-14-21-6-10-26(11-7-21)31-20-22-4-2-1-3-5-22/h1-13,23-24,28H,14-20H2/t23-,24+,28+. The summed E-state index contributed by atoms with van der Waals surface area (Å²) in [5.41, 5.74) is 2.54. The predicted molar refractivity (Wildman–Crippen MR) is 124 cm³/mol. The van der Waals surface area contributed by atoms with Crippen LogP contribution >= 0.6 is 0 Å². The number of hydrogen-bond acceptors (Lipinski definition) is 3. The van der Waals surface area contributed by atoms with Gasteiger partial charge in [-0.25, -0.2) is 4.39 Å². The van der Waals surface area contributed by atoms with Crippen LogP contribution in [0, 0.1) is 17.7 Å². The minimum absolute atomic E-state index is 0.217. The van der Waals surface area contributed by atoms with Crippen LogP contribution in [0.5, 0.6) is 11.5 Å². The van der Waals surface area contributed by atoms with E-state index in [-0.39, 0.29) is 11.9 Å². The van der Waals surface area contributed by atoms with Gasteiger partial charge >= 0.3 is 0 Å². The molecule has 1 saturated carbocycles. The maximum atomic E-state index is 13.1. The lowest BCUT2D eigenvalue weighted by Crippen LogP contribution is -2.26. The summed E-state index contributed by atoms with van der Waals surface area (Å²) in [6.45, 7) is 4.02. The number of likely N-dealkylation sites (tertiary alicyclic amines) is 1. The van der Waals surface area contributed by atoms with Crippen molar-refractivity contribution in [3.63, 3.8) is 0 Å². The van der Waals surface area contributed by atoms with Crippen molar-refractivity contribution in [3.8, 4) is 11.5 Å². The fourth-order valence-electron chi connectivity index (χ4n) is 5.11. The van der Waals surface area contributed by atoms with E-state index in [1.54, 1.807) is 12.1 Å². The molecule has 32 heavy (non-hydrogen) atoms. The number of nitrogens with zero attached hydrogens (tertiary/aromatic N) is 1. The number of benzene rings is 3. The first-order valence-corrected chi connectivity index (χ1v) is 11.6. The zero-order valence-electron chi connectivity index (χ0n) is 18.3. The molecule has 3 aromatic rings. The van der Waals surface area contributed by atoms with Crippen molar-refractivity contribution in [1.29, 1.82) is 0 Å². The van der Waals surface area contributed by atoms with Gasteiger partial charge in [-0.15, -0.1) is 0 Å². The van der Waals surface area contributed by atoms with Gasteiger partial charge in [-0.05, 0) is 78.6 Å². The third kappa shape index (κ3) is 5.31. The lowest BCUT2D eigenvalue weighted by Gasteiger charge is -2.20. The summed E-state index contributed by atoms with van der Waals surface area (Å²) in [4.78, 5) is 2.60. The molecule has 0 aromatic heterocycles. The Morgan fingerprint density at radius 3 is 2.09 bits per heavy atom. The topological polar surface area (TPSA) is 21.7 Å². The van der Waals surface area contributed by atoms with E-state index in [1.807, 2.05) is 18.2 Å². The first-order valence-electron chi connectivity index (χ1n) is 11.6. The number of fused-ring (bicyclic) bond motifs is 1. The quantitative estimate of drug-likeness (QED) is 0.454. The van der Waals surface area contributed by atoms with Crippen molar-refractivity contribution in [2.75, 3.05) is 19.6 Å². The molecule has 0 radical (unpaired) electrons. The van der Waals surface area contributed by atoms with Gasteiger partial charge in [-0.1, -0.05) is 42.5 Å². The second kappa shape index (κ2) is 9.74. The number of halogens is 1. The van der Waals surface area contributed by atoms with Crippen LogP contribution < -0.4 is 9.47 Å². The molecular weight excluding hydrogens is 401 g/mol. The highest BCUT2D eigenvalue weighted by molar-refractivity contribution is 5.28. The van der Waals surface area contributed by atoms with Crippen LogP contribution in [0.3, 0.4) is 0 Å². The highest BCUT2D eigenvalue weighted by Gasteiger charge is 2.41. The van der Waals surface area contributed by atoms with E-state index in [2.05, 4.69) is 41.3 Å². The Labute approximate surface area is 189 Å². The van der Waals surface area contributed by atoms with Gasteiger partial charge in [0.05, 0.1) is 6.10 Å². The Morgan fingerprint density at radius 1 is 0.750 bits per heavy atom. The summed E-state index contributed by atoms with van der Waals surface area (Å²) in [6.07, 6.45) is 3.53. The maximum absolute atomic E-state index is 13.1. The summed E-state index contributed by atoms with van der Waals surface area (Å²) in [7, 11) is 0. The molecule has 2 aliphatic rings. The van der Waals surface area contributed by atoms with Gasteiger partial charge in [-0.3, -0.25) is 0 Å². The van der Waals surface area contributed by atoms with E-state index >= 15 is 0 Å². The van der Waals surface area contributed by atoms with Crippen molar-refractivity contribution < 1.29 is 13.9 Å². The molecular formula is C28H30FNO2. The molecule has 0 spiro atoms. The molecule has 4 heteroatoms. The third-order valence-corrected chi connectivity index (χ3v) is 6.79. The molecule has 0 amide bonds. The normalized spacial score (nSPS) is 22.6. The summed E-state index contributed by atoms with van der Waals surface area (Å²) in [6, 6.07) is 25.2. The van der Waals surface area contributed by atoms with Crippen molar-refractivity contribution in [1.82, 2.24) is 4.90 Å². The average molecular weight is 432 g/mol. The molecule has 1 saturated heterocycles. The zero-order valence-corrected chi connectivity index (χ0v) is 18.3. The molecule has 0 bridgehead atoms. The second-order valence-corrected chi connectivity index (χ2v) is 9.11. The highest BCUT2D eigenvalue weighted by Crippen LogP contribution is 2.39. The van der Waals surface area contributed by atoms with Gasteiger partial charge in [0.1, 0.15) is 23.9 Å². The molecule has 1 heterocycles. The van der Waals surface area contributed by atoms with Gasteiger partial charge < -0.3 is 14.4 Å². The SMILES string of the molecule is Fc1ccc(O[C@H]2C[C@@H]3CN(CCc4ccc(OCc5ccccc5)cc4)C[C@@H]3C2)cc1. The lowest BCUT2D eigenvalue weighted by atomic mass is 10.0. The second-order valence-electron chi connectivity index (χ2n) is 9.11. The van der Waals surface area contributed by atoms with Crippen molar-refractivity contribution in [3.05, 3.63) is 95.8 Å². The van der Waals surface area contributed by atoms with Gasteiger partial charge in [0.15, 0.2) is 0 Å². The van der Waals surface area contributed by atoms with Crippen molar-refractivity contribution >= 4 is 0 Å². The molecule has 3 nitrogen and oxygen atoms in total. The Hall–Kier alpha value is -2.85. The zero-order chi connectivity index (χ0) is 21.8. The molecule has 166 valence electrons. The minimum Gasteiger partial charge on any atom is -0.490 e. The third-order valence-electron chi connectivity index (χ3n) is 6.79. The fourth-order valence-corrected chi connectivity index (χ4v) is 5.11. The van der Waals surface area contributed by atoms with E-state index < -0.39 is 0 Å². The van der Waals surface area contributed by atoms with Gasteiger partial charge in [0.25, 0.3) is 0 Å². The van der Waals surface area contributed by atoms with Crippen LogP contribution in [0.15, 0.2) is 78.9 Å². The van der Waals surface area contributed by atoms with Gasteiger partial charge in [0.2, 0.25) is 0 Å². The summed E-state index contributed by atoms with van der Waals surface area (Å²) >= 11 is 0. The summed E-state index contributed by atoms with van der Waals surface area (Å²) < 4.78 is 25.1. The molecule has 3 aromatic carbocycles. The Morgan fingerprint density at radius 2 is 1.41 bits per heavy atom. The maximum Gasteiger partial charge on any atom is 0.123 e. The van der Waals surface area contributed by atoms with Crippen molar-refractivity contribution in [2.45, 2.75) is 32.0 Å². The van der Waals surface area contributed by atoms with E-state index in [1.165, 1.54) is 23.3 Å². The van der Waals surface area contributed by atoms with E-state index in [4.69, 9.17) is 9.47 Å². The summed E-state index contributed by atoms with van der Waals surface area (Å²) in [5, 5.41) is 0. The van der Waals surface area contributed by atoms with Crippen LogP contribution in [0.2, 0.25) is 0 Å².